The van der Waals surface area contributed by atoms with E-state index in [4.69, 9.17) is 18.9 Å². The quantitative estimate of drug-likeness (QED) is 0.544. The van der Waals surface area contributed by atoms with Gasteiger partial charge < -0.3 is 23.8 Å². The topological polar surface area (TPSA) is 95.9 Å². The summed E-state index contributed by atoms with van der Waals surface area (Å²) in [7, 11) is 1.57. The smallest absolute Gasteiger partial charge is 0.410 e. The lowest BCUT2D eigenvalue weighted by Gasteiger charge is -2.32. The Morgan fingerprint density at radius 3 is 2.61 bits per heavy atom. The molecule has 0 saturated carbocycles. The summed E-state index contributed by atoms with van der Waals surface area (Å²) >= 11 is 0. The number of carbonyl (C=O) groups excluding carboxylic acids is 1. The number of carbonyl (C=O) groups is 1. The van der Waals surface area contributed by atoms with Crippen LogP contribution in [0, 0.1) is 6.92 Å². The zero-order valence-corrected chi connectivity index (χ0v) is 20.9. The third-order valence-corrected chi connectivity index (χ3v) is 5.95. The van der Waals surface area contributed by atoms with Gasteiger partial charge in [-0.25, -0.2) is 14.8 Å². The second-order valence-corrected chi connectivity index (χ2v) is 8.99. The minimum atomic E-state index is -2.08. The number of hydrogen-bond donors (Lipinski definition) is 0. The number of rotatable bonds is 7. The van der Waals surface area contributed by atoms with Crippen LogP contribution < -0.4 is 14.2 Å². The van der Waals surface area contributed by atoms with E-state index in [-0.39, 0.29) is 30.6 Å². The second kappa shape index (κ2) is 10.9. The van der Waals surface area contributed by atoms with Gasteiger partial charge in [0.1, 0.15) is 23.9 Å². The highest BCUT2D eigenvalue weighted by Crippen LogP contribution is 2.35. The first-order valence-corrected chi connectivity index (χ1v) is 12.0. The SMILES string of the molecule is COc1cccnc1C1=CCC(F)(Oc2ncnc(OC3CCN(C(=O)OC(C)C)CC3)c2C)C=C1. The predicted octanol–water partition coefficient (Wildman–Crippen LogP) is 4.66. The van der Waals surface area contributed by atoms with E-state index in [0.717, 1.165) is 5.57 Å². The van der Waals surface area contributed by atoms with Crippen LogP contribution in [0.4, 0.5) is 9.18 Å². The molecule has 192 valence electrons. The molecular formula is C26H31FN4O5. The molecule has 1 unspecified atom stereocenters. The van der Waals surface area contributed by atoms with Crippen molar-refractivity contribution in [1.29, 1.82) is 0 Å². The Morgan fingerprint density at radius 1 is 1.19 bits per heavy atom. The van der Waals surface area contributed by atoms with E-state index in [0.29, 0.717) is 48.8 Å². The standard InChI is InChI=1S/C26H31FN4O5/c1-17(2)34-25(32)31-14-9-20(10-15-31)35-23-18(3)24(30-16-29-23)36-26(27)11-7-19(8-12-26)22-21(33-4)6-5-13-28-22/h5-8,11,13,16-17,20H,9-10,12,14-15H2,1-4H3. The molecule has 10 heteroatoms. The average molecular weight is 499 g/mol. The van der Waals surface area contributed by atoms with E-state index in [1.807, 2.05) is 13.8 Å². The van der Waals surface area contributed by atoms with Crippen molar-refractivity contribution in [1.82, 2.24) is 19.9 Å². The van der Waals surface area contributed by atoms with Crippen molar-refractivity contribution in [3.05, 3.63) is 54.1 Å². The van der Waals surface area contributed by atoms with Gasteiger partial charge in [0.15, 0.2) is 0 Å². The van der Waals surface area contributed by atoms with Gasteiger partial charge >= 0.3 is 6.09 Å². The molecule has 3 heterocycles. The highest BCUT2D eigenvalue weighted by Gasteiger charge is 2.33. The highest BCUT2D eigenvalue weighted by molar-refractivity contribution is 5.76. The van der Waals surface area contributed by atoms with Crippen LogP contribution >= 0.6 is 0 Å². The molecule has 2 aromatic rings. The Balaban J connectivity index is 1.38. The molecule has 0 spiro atoms. The van der Waals surface area contributed by atoms with Gasteiger partial charge in [0.05, 0.1) is 18.8 Å². The van der Waals surface area contributed by atoms with E-state index >= 15 is 4.39 Å². The van der Waals surface area contributed by atoms with E-state index in [1.54, 1.807) is 49.4 Å². The van der Waals surface area contributed by atoms with Crippen molar-refractivity contribution in [2.75, 3.05) is 20.2 Å². The molecule has 1 amide bonds. The summed E-state index contributed by atoms with van der Waals surface area (Å²) in [6, 6.07) is 3.58. The Hall–Kier alpha value is -3.69. The van der Waals surface area contributed by atoms with Gasteiger partial charge in [-0.15, -0.1) is 0 Å². The lowest BCUT2D eigenvalue weighted by Crippen LogP contribution is -2.42. The fourth-order valence-electron chi connectivity index (χ4n) is 4.01. The monoisotopic (exact) mass is 498 g/mol. The maximum absolute atomic E-state index is 15.6. The number of alkyl halides is 1. The Morgan fingerprint density at radius 2 is 1.94 bits per heavy atom. The number of aromatic nitrogens is 3. The van der Waals surface area contributed by atoms with Gasteiger partial charge in [-0.2, -0.15) is 4.39 Å². The molecule has 1 saturated heterocycles. The fourth-order valence-corrected chi connectivity index (χ4v) is 4.01. The lowest BCUT2D eigenvalue weighted by atomic mass is 10.00. The molecule has 36 heavy (non-hydrogen) atoms. The third-order valence-electron chi connectivity index (χ3n) is 5.95. The van der Waals surface area contributed by atoms with Crippen molar-refractivity contribution < 1.29 is 28.1 Å². The number of ether oxygens (including phenoxy) is 4. The zero-order chi connectivity index (χ0) is 25.7. The molecule has 2 aliphatic rings. The number of allylic oxidation sites excluding steroid dienone is 2. The van der Waals surface area contributed by atoms with Gasteiger partial charge in [-0.3, -0.25) is 4.98 Å². The minimum absolute atomic E-state index is 0.0247. The fraction of sp³-hybridized carbons (Fsp3) is 0.462. The lowest BCUT2D eigenvalue weighted by molar-refractivity contribution is -0.0175. The summed E-state index contributed by atoms with van der Waals surface area (Å²) in [5.41, 5.74) is 1.89. The van der Waals surface area contributed by atoms with Gasteiger partial charge in [-0.05, 0) is 39.0 Å². The van der Waals surface area contributed by atoms with Gasteiger partial charge in [0.25, 0.3) is 5.85 Å². The normalized spacial score (nSPS) is 20.2. The second-order valence-electron chi connectivity index (χ2n) is 8.99. The number of piperidine rings is 1. The van der Waals surface area contributed by atoms with Gasteiger partial charge in [0.2, 0.25) is 11.8 Å². The number of halogens is 1. The molecule has 1 fully saturated rings. The maximum Gasteiger partial charge on any atom is 0.410 e. The molecule has 0 bridgehead atoms. The Labute approximate surface area is 210 Å². The first-order valence-electron chi connectivity index (χ1n) is 12.0. The molecule has 1 aliphatic heterocycles. The summed E-state index contributed by atoms with van der Waals surface area (Å²) in [4.78, 5) is 26.5. The average Bonchev–Trinajstić information content (AvgIpc) is 2.87. The number of nitrogens with zero attached hydrogens (tertiary/aromatic N) is 4. The largest absolute Gasteiger partial charge is 0.494 e. The van der Waals surface area contributed by atoms with Crippen LogP contribution in [0.1, 0.15) is 44.4 Å². The number of hydrogen-bond acceptors (Lipinski definition) is 8. The zero-order valence-electron chi connectivity index (χ0n) is 20.9. The predicted molar refractivity (Wildman–Crippen MR) is 131 cm³/mol. The maximum atomic E-state index is 15.6. The molecule has 0 aromatic carbocycles. The van der Waals surface area contributed by atoms with E-state index in [9.17, 15) is 4.79 Å². The van der Waals surface area contributed by atoms with E-state index in [2.05, 4.69) is 15.0 Å². The van der Waals surface area contributed by atoms with Crippen LogP contribution in [0.15, 0.2) is 42.9 Å². The molecule has 4 rings (SSSR count). The Bertz CT molecular complexity index is 1150. The summed E-state index contributed by atoms with van der Waals surface area (Å²) in [5, 5.41) is 0. The van der Waals surface area contributed by atoms with Crippen molar-refractivity contribution in [3.8, 4) is 17.5 Å². The Kier molecular flexibility index (Phi) is 7.71. The minimum Gasteiger partial charge on any atom is -0.494 e. The highest BCUT2D eigenvalue weighted by atomic mass is 19.2. The molecule has 2 aromatic heterocycles. The van der Waals surface area contributed by atoms with Crippen LogP contribution in [0.3, 0.4) is 0 Å². The molecular weight excluding hydrogens is 467 g/mol. The number of likely N-dealkylation sites (tertiary alicyclic amines) is 1. The van der Waals surface area contributed by atoms with Gasteiger partial charge in [0, 0.05) is 44.1 Å². The molecule has 1 atom stereocenters. The molecule has 0 N–H and O–H groups in total. The van der Waals surface area contributed by atoms with Crippen molar-refractivity contribution in [2.24, 2.45) is 0 Å². The van der Waals surface area contributed by atoms with E-state index in [1.165, 1.54) is 12.4 Å². The number of methoxy groups -OCH3 is 1. The van der Waals surface area contributed by atoms with Crippen LogP contribution in [-0.2, 0) is 4.74 Å². The van der Waals surface area contributed by atoms with Crippen LogP contribution in [0.25, 0.3) is 5.57 Å². The van der Waals surface area contributed by atoms with Crippen LogP contribution in [0.2, 0.25) is 0 Å². The molecule has 9 nitrogen and oxygen atoms in total. The summed E-state index contributed by atoms with van der Waals surface area (Å²) < 4.78 is 37.9. The first-order chi connectivity index (χ1) is 17.3. The summed E-state index contributed by atoms with van der Waals surface area (Å²) in [5.74, 6) is -1.03. The third kappa shape index (κ3) is 5.92. The van der Waals surface area contributed by atoms with Crippen LogP contribution in [-0.4, -0.2) is 64.2 Å². The van der Waals surface area contributed by atoms with Crippen molar-refractivity contribution in [3.63, 3.8) is 0 Å². The molecule has 1 aliphatic carbocycles. The van der Waals surface area contributed by atoms with Gasteiger partial charge in [-0.1, -0.05) is 12.2 Å². The number of pyridine rings is 1. The van der Waals surface area contributed by atoms with Crippen molar-refractivity contribution in [2.45, 2.75) is 58.1 Å². The summed E-state index contributed by atoms with van der Waals surface area (Å²) in [6.07, 6.45) is 8.28. The first kappa shape index (κ1) is 25.4. The molecule has 0 radical (unpaired) electrons. The van der Waals surface area contributed by atoms with E-state index < -0.39 is 5.85 Å². The van der Waals surface area contributed by atoms with Crippen LogP contribution in [0.5, 0.6) is 17.5 Å². The summed E-state index contributed by atoms with van der Waals surface area (Å²) in [6.45, 7) is 6.43. The number of amides is 1. The van der Waals surface area contributed by atoms with Crippen molar-refractivity contribution >= 4 is 11.7 Å².